The first-order chi connectivity index (χ1) is 9.19. The number of benzene rings is 1. The Labute approximate surface area is 119 Å². The maximum atomic E-state index is 9.26. The van der Waals surface area contributed by atoms with Gasteiger partial charge in [-0.2, -0.15) is 5.26 Å². The molecule has 3 nitrogen and oxygen atoms in total. The van der Waals surface area contributed by atoms with Crippen LogP contribution < -0.4 is 0 Å². The third kappa shape index (κ3) is 2.02. The topological polar surface area (TPSA) is 41.6 Å². The first kappa shape index (κ1) is 11.9. The molecular formula is C15H10BrN3. The molecule has 3 rings (SSSR count). The van der Waals surface area contributed by atoms with E-state index in [2.05, 4.69) is 27.0 Å². The van der Waals surface area contributed by atoms with Crippen LogP contribution in [0.2, 0.25) is 0 Å². The third-order valence-electron chi connectivity index (χ3n) is 3.01. The number of aromatic nitrogens is 2. The van der Waals surface area contributed by atoms with Crippen LogP contribution in [0.3, 0.4) is 0 Å². The molecule has 0 bridgehead atoms. The van der Waals surface area contributed by atoms with Crippen LogP contribution in [-0.2, 0) is 0 Å². The summed E-state index contributed by atoms with van der Waals surface area (Å²) in [5.74, 6) is 0. The summed E-state index contributed by atoms with van der Waals surface area (Å²) < 4.78 is 2.85. The molecule has 19 heavy (non-hydrogen) atoms. The van der Waals surface area contributed by atoms with Crippen molar-refractivity contribution >= 4 is 27.0 Å². The van der Waals surface area contributed by atoms with Crippen LogP contribution in [0.4, 0.5) is 0 Å². The highest BCUT2D eigenvalue weighted by Gasteiger charge is 2.09. The fourth-order valence-electron chi connectivity index (χ4n) is 2.10. The lowest BCUT2D eigenvalue weighted by atomic mass is 10.2. The fourth-order valence-corrected chi connectivity index (χ4v) is 2.47. The third-order valence-corrected chi connectivity index (χ3v) is 3.51. The Hall–Kier alpha value is -2.12. The van der Waals surface area contributed by atoms with Gasteiger partial charge in [0.2, 0.25) is 0 Å². The van der Waals surface area contributed by atoms with Crippen LogP contribution in [0.25, 0.3) is 16.7 Å². The summed E-state index contributed by atoms with van der Waals surface area (Å²) in [6.07, 6.45) is 1.95. The number of hydrogen-bond donors (Lipinski definition) is 0. The van der Waals surface area contributed by atoms with Gasteiger partial charge in [0.25, 0.3) is 0 Å². The van der Waals surface area contributed by atoms with Crippen LogP contribution in [0.5, 0.6) is 0 Å². The molecule has 0 radical (unpaired) electrons. The Bertz CT molecular complexity index is 812. The molecule has 2 aromatic heterocycles. The van der Waals surface area contributed by atoms with Crippen molar-refractivity contribution in [3.05, 3.63) is 58.3 Å². The summed E-state index contributed by atoms with van der Waals surface area (Å²) in [5.41, 5.74) is 3.30. The maximum absolute atomic E-state index is 9.26. The summed E-state index contributed by atoms with van der Waals surface area (Å²) in [5, 5.41) is 10.3. The van der Waals surface area contributed by atoms with Gasteiger partial charge in [0, 0.05) is 21.7 Å². The second-order valence-corrected chi connectivity index (χ2v) is 5.24. The van der Waals surface area contributed by atoms with Crippen LogP contribution in [-0.4, -0.2) is 9.55 Å². The second-order valence-electron chi connectivity index (χ2n) is 4.32. The maximum Gasteiger partial charge on any atom is 0.144 e. The molecule has 4 heteroatoms. The molecule has 2 heterocycles. The number of fused-ring (bicyclic) bond motifs is 1. The number of halogens is 1. The van der Waals surface area contributed by atoms with Crippen molar-refractivity contribution in [3.63, 3.8) is 0 Å². The normalized spacial score (nSPS) is 10.6. The highest BCUT2D eigenvalue weighted by molar-refractivity contribution is 9.10. The molecule has 0 atom stereocenters. The van der Waals surface area contributed by atoms with Gasteiger partial charge in [0.1, 0.15) is 11.7 Å². The average molecular weight is 312 g/mol. The van der Waals surface area contributed by atoms with Crippen molar-refractivity contribution in [3.8, 4) is 11.8 Å². The molecule has 0 amide bonds. The Morgan fingerprint density at radius 3 is 2.84 bits per heavy atom. The summed E-state index contributed by atoms with van der Waals surface area (Å²) in [6, 6.07) is 13.9. The van der Waals surface area contributed by atoms with E-state index in [4.69, 9.17) is 0 Å². The van der Waals surface area contributed by atoms with E-state index in [0.717, 1.165) is 26.9 Å². The molecule has 1 aromatic carbocycles. The lowest BCUT2D eigenvalue weighted by Gasteiger charge is -2.07. The van der Waals surface area contributed by atoms with E-state index in [-0.39, 0.29) is 0 Å². The smallest absolute Gasteiger partial charge is 0.144 e. The Kier molecular flexibility index (Phi) is 2.84. The van der Waals surface area contributed by atoms with Gasteiger partial charge in [-0.3, -0.25) is 4.57 Å². The molecule has 0 unspecified atom stereocenters. The van der Waals surface area contributed by atoms with Gasteiger partial charge >= 0.3 is 0 Å². The molecule has 0 aliphatic heterocycles. The van der Waals surface area contributed by atoms with Gasteiger partial charge in [-0.25, -0.2) is 4.98 Å². The minimum absolute atomic E-state index is 0.621. The van der Waals surface area contributed by atoms with E-state index in [0.29, 0.717) is 5.56 Å². The number of hydrogen-bond acceptors (Lipinski definition) is 2. The van der Waals surface area contributed by atoms with Gasteiger partial charge in [-0.05, 0) is 43.3 Å². The zero-order valence-corrected chi connectivity index (χ0v) is 11.8. The zero-order valence-electron chi connectivity index (χ0n) is 10.3. The molecule has 0 saturated heterocycles. The minimum Gasteiger partial charge on any atom is -0.300 e. The molecule has 0 fully saturated rings. The number of pyridine rings is 1. The number of nitriles is 1. The summed E-state index contributed by atoms with van der Waals surface area (Å²) in [6.45, 7) is 1.96. The lowest BCUT2D eigenvalue weighted by molar-refractivity contribution is 1.07. The first-order valence-electron chi connectivity index (χ1n) is 5.84. The predicted molar refractivity (Wildman–Crippen MR) is 78.2 cm³/mol. The number of nitrogens with zero attached hydrogens (tertiary/aromatic N) is 3. The average Bonchev–Trinajstić information content (AvgIpc) is 2.81. The monoisotopic (exact) mass is 311 g/mol. The quantitative estimate of drug-likeness (QED) is 0.682. The van der Waals surface area contributed by atoms with E-state index in [1.807, 2.05) is 54.1 Å². The Balaban J connectivity index is 2.31. The van der Waals surface area contributed by atoms with Gasteiger partial charge in [-0.1, -0.05) is 15.9 Å². The van der Waals surface area contributed by atoms with Crippen molar-refractivity contribution in [1.29, 1.82) is 5.26 Å². The molecule has 3 aromatic rings. The summed E-state index contributed by atoms with van der Waals surface area (Å²) in [7, 11) is 0. The number of aryl methyl sites for hydroxylation is 1. The van der Waals surface area contributed by atoms with Gasteiger partial charge < -0.3 is 0 Å². The van der Waals surface area contributed by atoms with Gasteiger partial charge in [-0.15, -0.1) is 0 Å². The van der Waals surface area contributed by atoms with Gasteiger partial charge in [0.05, 0.1) is 11.3 Å². The molecule has 0 aliphatic carbocycles. The van der Waals surface area contributed by atoms with E-state index in [9.17, 15) is 5.26 Å². The van der Waals surface area contributed by atoms with Crippen LogP contribution in [0, 0.1) is 18.3 Å². The van der Waals surface area contributed by atoms with Crippen LogP contribution in [0.15, 0.2) is 47.1 Å². The van der Waals surface area contributed by atoms with E-state index in [1.54, 1.807) is 0 Å². The molecular weight excluding hydrogens is 302 g/mol. The SMILES string of the molecule is Cc1ccc2ccn(-c3ccc(Br)cc3C#N)c2n1. The lowest BCUT2D eigenvalue weighted by Crippen LogP contribution is -1.97. The highest BCUT2D eigenvalue weighted by atomic mass is 79.9. The van der Waals surface area contributed by atoms with E-state index < -0.39 is 0 Å². The molecule has 0 saturated carbocycles. The summed E-state index contributed by atoms with van der Waals surface area (Å²) in [4.78, 5) is 4.55. The fraction of sp³-hybridized carbons (Fsp3) is 0.0667. The van der Waals surface area contributed by atoms with Crippen molar-refractivity contribution in [2.45, 2.75) is 6.92 Å². The molecule has 0 aliphatic rings. The van der Waals surface area contributed by atoms with E-state index >= 15 is 0 Å². The summed E-state index contributed by atoms with van der Waals surface area (Å²) >= 11 is 3.39. The van der Waals surface area contributed by atoms with Crippen molar-refractivity contribution < 1.29 is 0 Å². The van der Waals surface area contributed by atoms with Crippen molar-refractivity contribution in [1.82, 2.24) is 9.55 Å². The van der Waals surface area contributed by atoms with Crippen molar-refractivity contribution in [2.75, 3.05) is 0 Å². The Morgan fingerprint density at radius 2 is 2.05 bits per heavy atom. The predicted octanol–water partition coefficient (Wildman–Crippen LogP) is 3.97. The van der Waals surface area contributed by atoms with Gasteiger partial charge in [0.15, 0.2) is 0 Å². The zero-order chi connectivity index (χ0) is 13.4. The molecule has 0 N–H and O–H groups in total. The largest absolute Gasteiger partial charge is 0.300 e. The Morgan fingerprint density at radius 1 is 1.21 bits per heavy atom. The highest BCUT2D eigenvalue weighted by Crippen LogP contribution is 2.24. The molecule has 0 spiro atoms. The number of rotatable bonds is 1. The molecule has 92 valence electrons. The van der Waals surface area contributed by atoms with Crippen molar-refractivity contribution in [2.24, 2.45) is 0 Å². The van der Waals surface area contributed by atoms with Crippen LogP contribution in [0.1, 0.15) is 11.3 Å². The first-order valence-corrected chi connectivity index (χ1v) is 6.63. The van der Waals surface area contributed by atoms with Crippen LogP contribution >= 0.6 is 15.9 Å². The van der Waals surface area contributed by atoms with E-state index in [1.165, 1.54) is 0 Å². The minimum atomic E-state index is 0.621. The standard InChI is InChI=1S/C15H10BrN3/c1-10-2-3-11-6-7-19(15(11)18-10)14-5-4-13(16)8-12(14)9-17/h2-8H,1H3. The second kappa shape index (κ2) is 4.52.